The van der Waals surface area contributed by atoms with Crippen molar-refractivity contribution in [2.75, 3.05) is 26.2 Å². The molecule has 4 rings (SSSR count). The van der Waals surface area contributed by atoms with Crippen LogP contribution in [0.5, 0.6) is 0 Å². The Bertz CT molecular complexity index is 869. The Kier molecular flexibility index (Phi) is 5.00. The molecule has 0 spiro atoms. The highest BCUT2D eigenvalue weighted by Crippen LogP contribution is 2.23. The van der Waals surface area contributed by atoms with Crippen LogP contribution in [0.2, 0.25) is 0 Å². The van der Waals surface area contributed by atoms with E-state index in [1.807, 2.05) is 21.9 Å². The number of carboxylic acid groups (broad SMARTS) is 1. The number of piperazine rings is 1. The molecular weight excluding hydrogens is 361 g/mol. The van der Waals surface area contributed by atoms with Crippen LogP contribution in [0.4, 0.5) is 9.18 Å². The number of urea groups is 1. The molecule has 0 bridgehead atoms. The number of carboxylic acids is 1. The van der Waals surface area contributed by atoms with Gasteiger partial charge in [-0.15, -0.1) is 0 Å². The molecule has 2 aromatic carbocycles. The average molecular weight is 383 g/mol. The van der Waals surface area contributed by atoms with Crippen LogP contribution in [0.3, 0.4) is 0 Å². The van der Waals surface area contributed by atoms with Gasteiger partial charge in [-0.1, -0.05) is 24.3 Å². The monoisotopic (exact) mass is 383 g/mol. The van der Waals surface area contributed by atoms with Crippen LogP contribution in [-0.4, -0.2) is 64.0 Å². The molecule has 2 aliphatic heterocycles. The van der Waals surface area contributed by atoms with Gasteiger partial charge in [0.25, 0.3) is 0 Å². The third-order valence-corrected chi connectivity index (χ3v) is 5.41. The summed E-state index contributed by atoms with van der Waals surface area (Å²) in [7, 11) is 0. The summed E-state index contributed by atoms with van der Waals surface area (Å²) in [4.78, 5) is 29.7. The van der Waals surface area contributed by atoms with Crippen molar-refractivity contribution in [3.05, 3.63) is 71.0 Å². The zero-order valence-electron chi connectivity index (χ0n) is 15.4. The summed E-state index contributed by atoms with van der Waals surface area (Å²) in [5.74, 6) is -1.20. The zero-order valence-corrected chi connectivity index (χ0v) is 15.4. The van der Waals surface area contributed by atoms with E-state index in [1.54, 1.807) is 24.3 Å². The van der Waals surface area contributed by atoms with E-state index >= 15 is 0 Å². The number of hydrogen-bond acceptors (Lipinski definition) is 3. The van der Waals surface area contributed by atoms with Crippen molar-refractivity contribution < 1.29 is 19.1 Å². The maximum Gasteiger partial charge on any atom is 0.335 e. The minimum atomic E-state index is -0.925. The van der Waals surface area contributed by atoms with Crippen LogP contribution >= 0.6 is 0 Å². The molecule has 6 nitrogen and oxygen atoms in total. The van der Waals surface area contributed by atoms with E-state index in [0.717, 1.165) is 30.8 Å². The Morgan fingerprint density at radius 2 is 1.61 bits per heavy atom. The number of amides is 2. The normalized spacial score (nSPS) is 19.8. The highest BCUT2D eigenvalue weighted by Gasteiger charge is 2.40. The van der Waals surface area contributed by atoms with Crippen molar-refractivity contribution in [3.8, 4) is 0 Å². The number of aromatic carboxylic acids is 1. The molecule has 2 saturated heterocycles. The molecule has 1 N–H and O–H groups in total. The lowest BCUT2D eigenvalue weighted by atomic mass is 10.1. The summed E-state index contributed by atoms with van der Waals surface area (Å²) < 4.78 is 13.1. The largest absolute Gasteiger partial charge is 0.478 e. The molecule has 0 radical (unpaired) electrons. The lowest BCUT2D eigenvalue weighted by Crippen LogP contribution is -2.51. The topological polar surface area (TPSA) is 64.1 Å². The van der Waals surface area contributed by atoms with E-state index in [1.165, 1.54) is 12.1 Å². The van der Waals surface area contributed by atoms with Gasteiger partial charge >= 0.3 is 12.0 Å². The van der Waals surface area contributed by atoms with E-state index in [-0.39, 0.29) is 23.5 Å². The summed E-state index contributed by atoms with van der Waals surface area (Å²) in [5, 5.41) is 9.00. The van der Waals surface area contributed by atoms with Gasteiger partial charge in [0.2, 0.25) is 0 Å². The third-order valence-electron chi connectivity index (χ3n) is 5.41. The highest BCUT2D eigenvalue weighted by molar-refractivity contribution is 5.87. The summed E-state index contributed by atoms with van der Waals surface area (Å²) in [5.41, 5.74) is 2.27. The van der Waals surface area contributed by atoms with Crippen LogP contribution in [0.1, 0.15) is 21.5 Å². The number of carbonyl (C=O) groups excluding carboxylic acids is 1. The standard InChI is InChI=1S/C21H22FN3O3/c22-18-7-3-16(4-8-18)12-24-14-19-13-23(9-10-25(19)21(24)28)11-15-1-5-17(6-2-15)20(26)27/h1-8,19H,9-14H2,(H,26,27)/t19-/m1/s1. The first-order chi connectivity index (χ1) is 13.5. The van der Waals surface area contributed by atoms with Gasteiger partial charge in [-0.3, -0.25) is 4.90 Å². The first-order valence-corrected chi connectivity index (χ1v) is 9.34. The van der Waals surface area contributed by atoms with Gasteiger partial charge in [0.05, 0.1) is 11.6 Å². The zero-order chi connectivity index (χ0) is 19.7. The molecular formula is C21H22FN3O3. The molecule has 146 valence electrons. The number of fused-ring (bicyclic) bond motifs is 1. The van der Waals surface area contributed by atoms with Crippen molar-refractivity contribution in [2.24, 2.45) is 0 Å². The molecule has 0 unspecified atom stereocenters. The van der Waals surface area contributed by atoms with Crippen LogP contribution in [-0.2, 0) is 13.1 Å². The molecule has 2 amide bonds. The molecule has 7 heteroatoms. The number of halogens is 1. The van der Waals surface area contributed by atoms with E-state index in [4.69, 9.17) is 5.11 Å². The summed E-state index contributed by atoms with van der Waals surface area (Å²) in [6, 6.07) is 13.4. The van der Waals surface area contributed by atoms with Crippen LogP contribution in [0.15, 0.2) is 48.5 Å². The third kappa shape index (κ3) is 3.84. The number of benzene rings is 2. The SMILES string of the molecule is O=C(O)c1ccc(CN2CCN3C(=O)N(Cc4ccc(F)cc4)C[C@H]3C2)cc1. The van der Waals surface area contributed by atoms with Crippen LogP contribution in [0.25, 0.3) is 0 Å². The van der Waals surface area contributed by atoms with Gasteiger partial charge in [-0.05, 0) is 35.4 Å². The Hall–Kier alpha value is -2.93. The summed E-state index contributed by atoms with van der Waals surface area (Å²) in [6.45, 7) is 4.13. The lowest BCUT2D eigenvalue weighted by Gasteiger charge is -2.36. The van der Waals surface area contributed by atoms with E-state index < -0.39 is 5.97 Å². The van der Waals surface area contributed by atoms with Gasteiger partial charge in [0.1, 0.15) is 5.82 Å². The van der Waals surface area contributed by atoms with Crippen molar-refractivity contribution in [1.82, 2.24) is 14.7 Å². The molecule has 0 saturated carbocycles. The summed E-state index contributed by atoms with van der Waals surface area (Å²) >= 11 is 0. The minimum absolute atomic E-state index is 0.0415. The van der Waals surface area contributed by atoms with E-state index in [2.05, 4.69) is 4.90 Å². The first kappa shape index (κ1) is 18.4. The average Bonchev–Trinajstić information content (AvgIpc) is 2.99. The van der Waals surface area contributed by atoms with Crippen molar-refractivity contribution >= 4 is 12.0 Å². The maximum absolute atomic E-state index is 13.1. The molecule has 2 aliphatic rings. The van der Waals surface area contributed by atoms with Crippen LogP contribution < -0.4 is 0 Å². The van der Waals surface area contributed by atoms with Gasteiger partial charge < -0.3 is 14.9 Å². The van der Waals surface area contributed by atoms with Crippen molar-refractivity contribution in [1.29, 1.82) is 0 Å². The van der Waals surface area contributed by atoms with E-state index in [9.17, 15) is 14.0 Å². The van der Waals surface area contributed by atoms with Crippen LogP contribution in [0, 0.1) is 5.82 Å². The molecule has 1 atom stereocenters. The van der Waals surface area contributed by atoms with Gasteiger partial charge in [0.15, 0.2) is 0 Å². The Labute approximate surface area is 162 Å². The minimum Gasteiger partial charge on any atom is -0.478 e. The predicted octanol–water partition coefficient (Wildman–Crippen LogP) is 2.65. The molecule has 2 aromatic rings. The molecule has 2 fully saturated rings. The number of rotatable bonds is 5. The van der Waals surface area contributed by atoms with Gasteiger partial charge in [-0.25, -0.2) is 14.0 Å². The van der Waals surface area contributed by atoms with Gasteiger partial charge in [0, 0.05) is 39.3 Å². The second kappa shape index (κ2) is 7.59. The fourth-order valence-corrected chi connectivity index (χ4v) is 3.94. The second-order valence-corrected chi connectivity index (χ2v) is 7.37. The lowest BCUT2D eigenvalue weighted by molar-refractivity contribution is 0.0697. The smallest absolute Gasteiger partial charge is 0.335 e. The molecule has 0 aliphatic carbocycles. The first-order valence-electron chi connectivity index (χ1n) is 9.34. The second-order valence-electron chi connectivity index (χ2n) is 7.37. The number of hydrogen-bond donors (Lipinski definition) is 1. The summed E-state index contributed by atoms with van der Waals surface area (Å²) in [6.07, 6.45) is 0. The molecule has 28 heavy (non-hydrogen) atoms. The predicted molar refractivity (Wildman–Crippen MR) is 101 cm³/mol. The molecule has 0 aromatic heterocycles. The van der Waals surface area contributed by atoms with Crippen molar-refractivity contribution in [3.63, 3.8) is 0 Å². The Morgan fingerprint density at radius 3 is 2.29 bits per heavy atom. The number of nitrogens with zero attached hydrogens (tertiary/aromatic N) is 3. The fraction of sp³-hybridized carbons (Fsp3) is 0.333. The highest BCUT2D eigenvalue weighted by atomic mass is 19.1. The van der Waals surface area contributed by atoms with Gasteiger partial charge in [-0.2, -0.15) is 0 Å². The Morgan fingerprint density at radius 1 is 0.964 bits per heavy atom. The quantitative estimate of drug-likeness (QED) is 0.862. The fourth-order valence-electron chi connectivity index (χ4n) is 3.94. The van der Waals surface area contributed by atoms with E-state index in [0.29, 0.717) is 19.6 Å². The maximum atomic E-state index is 13.1. The van der Waals surface area contributed by atoms with Crippen molar-refractivity contribution in [2.45, 2.75) is 19.1 Å². The molecule has 2 heterocycles. The number of carbonyl (C=O) groups is 2. The Balaban J connectivity index is 1.36.